The molecular formula is C19H22N2O2S. The molecule has 0 aromatic heterocycles. The fraction of sp³-hybridized carbons (Fsp3) is 0.316. The molecule has 1 atom stereocenters. The van der Waals surface area contributed by atoms with Gasteiger partial charge < -0.3 is 15.2 Å². The molecule has 0 bridgehead atoms. The second-order valence-corrected chi connectivity index (χ2v) is 7.12. The molecule has 24 heavy (non-hydrogen) atoms. The van der Waals surface area contributed by atoms with Crippen molar-refractivity contribution in [1.29, 1.82) is 0 Å². The molecule has 1 heterocycles. The average Bonchev–Trinajstić information content (AvgIpc) is 2.61. The molecule has 0 amide bonds. The summed E-state index contributed by atoms with van der Waals surface area (Å²) >= 11 is 1.62. The van der Waals surface area contributed by atoms with Crippen LogP contribution < -0.4 is 15.2 Å². The Labute approximate surface area is 147 Å². The molecule has 0 aliphatic carbocycles. The summed E-state index contributed by atoms with van der Waals surface area (Å²) in [6, 6.07) is 14.4. The number of ether oxygens (including phenoxy) is 2. The average molecular weight is 342 g/mol. The SMILES string of the molecule is COc1cc(OC)cc(-c2cccc([C@]3(C)CCSC(N)=N3)c2)c1. The number of hydrogen-bond donors (Lipinski definition) is 1. The van der Waals surface area contributed by atoms with Crippen LogP contribution in [0.1, 0.15) is 18.9 Å². The van der Waals surface area contributed by atoms with Crippen molar-refractivity contribution in [2.24, 2.45) is 10.7 Å². The lowest BCUT2D eigenvalue weighted by atomic mass is 9.88. The van der Waals surface area contributed by atoms with E-state index >= 15 is 0 Å². The topological polar surface area (TPSA) is 56.8 Å². The molecule has 0 spiro atoms. The maximum absolute atomic E-state index is 5.95. The van der Waals surface area contributed by atoms with Gasteiger partial charge in [-0.25, -0.2) is 0 Å². The molecule has 0 radical (unpaired) electrons. The van der Waals surface area contributed by atoms with Crippen LogP contribution in [0.25, 0.3) is 11.1 Å². The van der Waals surface area contributed by atoms with Crippen LogP contribution in [0.15, 0.2) is 47.5 Å². The minimum absolute atomic E-state index is 0.270. The van der Waals surface area contributed by atoms with Crippen LogP contribution in [0, 0.1) is 0 Å². The predicted molar refractivity (Wildman–Crippen MR) is 101 cm³/mol. The highest BCUT2D eigenvalue weighted by Gasteiger charge is 2.29. The van der Waals surface area contributed by atoms with Crippen LogP contribution in [0.2, 0.25) is 0 Å². The van der Waals surface area contributed by atoms with Crippen molar-refractivity contribution in [2.45, 2.75) is 18.9 Å². The molecule has 2 N–H and O–H groups in total. The van der Waals surface area contributed by atoms with Gasteiger partial charge in [-0.1, -0.05) is 30.0 Å². The largest absolute Gasteiger partial charge is 0.497 e. The Balaban J connectivity index is 2.04. The molecule has 2 aromatic carbocycles. The number of methoxy groups -OCH3 is 2. The molecule has 126 valence electrons. The third kappa shape index (κ3) is 3.36. The van der Waals surface area contributed by atoms with Gasteiger partial charge in [0.05, 0.1) is 19.8 Å². The lowest BCUT2D eigenvalue weighted by Crippen LogP contribution is -2.28. The van der Waals surface area contributed by atoms with E-state index in [9.17, 15) is 0 Å². The summed E-state index contributed by atoms with van der Waals surface area (Å²) in [5.74, 6) is 2.54. The van der Waals surface area contributed by atoms with Crippen LogP contribution in [0.5, 0.6) is 11.5 Å². The summed E-state index contributed by atoms with van der Waals surface area (Å²) in [4.78, 5) is 4.69. The van der Waals surface area contributed by atoms with E-state index in [2.05, 4.69) is 31.2 Å². The normalized spacial score (nSPS) is 20.4. The number of nitrogens with two attached hydrogens (primary N) is 1. The van der Waals surface area contributed by atoms with Gasteiger partial charge in [-0.2, -0.15) is 0 Å². The van der Waals surface area contributed by atoms with Crippen molar-refractivity contribution in [1.82, 2.24) is 0 Å². The summed E-state index contributed by atoms with van der Waals surface area (Å²) in [6.45, 7) is 2.14. The second-order valence-electron chi connectivity index (χ2n) is 6.00. The first-order chi connectivity index (χ1) is 11.5. The zero-order valence-electron chi connectivity index (χ0n) is 14.2. The van der Waals surface area contributed by atoms with Gasteiger partial charge in [0.2, 0.25) is 0 Å². The molecule has 0 saturated heterocycles. The summed E-state index contributed by atoms with van der Waals surface area (Å²) in [5, 5.41) is 0.664. The van der Waals surface area contributed by atoms with Gasteiger partial charge >= 0.3 is 0 Å². The number of nitrogens with zero attached hydrogens (tertiary/aromatic N) is 1. The minimum atomic E-state index is -0.270. The summed E-state index contributed by atoms with van der Waals surface area (Å²) in [6.07, 6.45) is 0.975. The molecule has 1 aliphatic rings. The Morgan fingerprint density at radius 3 is 2.38 bits per heavy atom. The third-order valence-electron chi connectivity index (χ3n) is 4.37. The van der Waals surface area contributed by atoms with Crippen molar-refractivity contribution < 1.29 is 9.47 Å². The molecule has 1 aliphatic heterocycles. The maximum atomic E-state index is 5.95. The van der Waals surface area contributed by atoms with E-state index in [1.54, 1.807) is 26.0 Å². The number of amidine groups is 1. The zero-order chi connectivity index (χ0) is 17.2. The van der Waals surface area contributed by atoms with Crippen LogP contribution in [-0.2, 0) is 5.54 Å². The number of hydrogen-bond acceptors (Lipinski definition) is 5. The third-order valence-corrected chi connectivity index (χ3v) is 5.16. The van der Waals surface area contributed by atoms with Crippen LogP contribution >= 0.6 is 11.8 Å². The van der Waals surface area contributed by atoms with Gasteiger partial charge in [0.25, 0.3) is 0 Å². The van der Waals surface area contributed by atoms with Crippen molar-refractivity contribution in [3.8, 4) is 22.6 Å². The van der Waals surface area contributed by atoms with Gasteiger partial charge in [-0.05, 0) is 48.2 Å². The Morgan fingerprint density at radius 1 is 1.04 bits per heavy atom. The van der Waals surface area contributed by atoms with Crippen LogP contribution in [0.3, 0.4) is 0 Å². The monoisotopic (exact) mass is 342 g/mol. The fourth-order valence-electron chi connectivity index (χ4n) is 2.90. The van der Waals surface area contributed by atoms with Gasteiger partial charge in [0.1, 0.15) is 11.5 Å². The highest BCUT2D eigenvalue weighted by molar-refractivity contribution is 8.13. The first kappa shape index (κ1) is 16.7. The molecule has 3 rings (SSSR count). The first-order valence-electron chi connectivity index (χ1n) is 7.86. The van der Waals surface area contributed by atoms with Crippen molar-refractivity contribution in [3.05, 3.63) is 48.0 Å². The van der Waals surface area contributed by atoms with Crippen LogP contribution in [0.4, 0.5) is 0 Å². The Bertz CT molecular complexity index is 753. The van der Waals surface area contributed by atoms with E-state index in [1.165, 1.54) is 5.56 Å². The van der Waals surface area contributed by atoms with Gasteiger partial charge in [-0.15, -0.1) is 0 Å². The van der Waals surface area contributed by atoms with E-state index in [-0.39, 0.29) is 5.54 Å². The maximum Gasteiger partial charge on any atom is 0.154 e. The van der Waals surface area contributed by atoms with E-state index in [0.717, 1.165) is 34.8 Å². The van der Waals surface area contributed by atoms with Crippen molar-refractivity contribution >= 4 is 16.9 Å². The quantitative estimate of drug-likeness (QED) is 0.911. The smallest absolute Gasteiger partial charge is 0.154 e. The Hall–Kier alpha value is -2.14. The Morgan fingerprint density at radius 2 is 1.75 bits per heavy atom. The number of rotatable bonds is 4. The highest BCUT2D eigenvalue weighted by Crippen LogP contribution is 2.37. The first-order valence-corrected chi connectivity index (χ1v) is 8.85. The standard InChI is InChI=1S/C19H22N2O2S/c1-19(7-8-24-18(20)21-19)15-6-4-5-13(9-15)14-10-16(22-2)12-17(11-14)23-3/h4-6,9-12H,7-8H2,1-3H3,(H2,20,21)/t19-/m0/s1. The van der Waals surface area contributed by atoms with Crippen molar-refractivity contribution in [3.63, 3.8) is 0 Å². The number of thioether (sulfide) groups is 1. The predicted octanol–water partition coefficient (Wildman–Crippen LogP) is 4.04. The van der Waals surface area contributed by atoms with Gasteiger partial charge in [0, 0.05) is 11.8 Å². The van der Waals surface area contributed by atoms with Crippen LogP contribution in [-0.4, -0.2) is 25.1 Å². The molecule has 0 fully saturated rings. The van der Waals surface area contributed by atoms with Gasteiger partial charge in [0.15, 0.2) is 5.17 Å². The molecule has 4 nitrogen and oxygen atoms in total. The lowest BCUT2D eigenvalue weighted by molar-refractivity contribution is 0.394. The molecular weight excluding hydrogens is 320 g/mol. The Kier molecular flexibility index (Phi) is 4.71. The number of aliphatic imine (C=N–C) groups is 1. The van der Waals surface area contributed by atoms with E-state index in [0.29, 0.717) is 5.17 Å². The van der Waals surface area contributed by atoms with Gasteiger partial charge in [-0.3, -0.25) is 4.99 Å². The summed E-state index contributed by atoms with van der Waals surface area (Å²) in [7, 11) is 3.32. The molecule has 0 saturated carbocycles. The van der Waals surface area contributed by atoms with E-state index in [1.807, 2.05) is 18.2 Å². The highest BCUT2D eigenvalue weighted by atomic mass is 32.2. The summed E-state index contributed by atoms with van der Waals surface area (Å²) in [5.41, 5.74) is 9.02. The second kappa shape index (κ2) is 6.77. The molecule has 5 heteroatoms. The van der Waals surface area contributed by atoms with Crippen molar-refractivity contribution in [2.75, 3.05) is 20.0 Å². The lowest BCUT2D eigenvalue weighted by Gasteiger charge is -2.30. The fourth-order valence-corrected chi connectivity index (χ4v) is 3.88. The van der Waals surface area contributed by atoms with E-state index in [4.69, 9.17) is 20.2 Å². The number of benzene rings is 2. The summed E-state index contributed by atoms with van der Waals surface area (Å²) < 4.78 is 10.8. The van der Waals surface area contributed by atoms with E-state index < -0.39 is 0 Å². The minimum Gasteiger partial charge on any atom is -0.497 e. The molecule has 2 aromatic rings. The zero-order valence-corrected chi connectivity index (χ0v) is 15.0. The molecule has 0 unspecified atom stereocenters.